The third-order valence-corrected chi connectivity index (χ3v) is 2.68. The summed E-state index contributed by atoms with van der Waals surface area (Å²) >= 11 is 8.32. The first-order chi connectivity index (χ1) is 5.22. The van der Waals surface area contributed by atoms with Gasteiger partial charge in [-0.25, -0.2) is 0 Å². The van der Waals surface area contributed by atoms with Crippen LogP contribution in [0.4, 0.5) is 0 Å². The largest absolute Gasteiger partial charge is 0.0761 e. The molecule has 0 aliphatic rings. The Morgan fingerprint density at radius 1 is 1.36 bits per heavy atom. The van der Waals surface area contributed by atoms with E-state index in [2.05, 4.69) is 35.0 Å². The van der Waals surface area contributed by atoms with Crippen molar-refractivity contribution in [1.82, 2.24) is 0 Å². The summed E-state index contributed by atoms with van der Waals surface area (Å²) in [4.78, 5) is 0. The Bertz CT molecular complexity index is 243. The lowest BCUT2D eigenvalue weighted by Crippen LogP contribution is -1.97. The molecule has 0 radical (unpaired) electrons. The molecule has 0 amide bonds. The first-order valence-electron chi connectivity index (χ1n) is 3.46. The van der Waals surface area contributed by atoms with Crippen LogP contribution in [-0.2, 0) is 0 Å². The van der Waals surface area contributed by atoms with Crippen LogP contribution in [0, 0.1) is 0 Å². The summed E-state index contributed by atoms with van der Waals surface area (Å²) in [5.74, 6) is 0.325. The molecule has 0 aliphatic carbocycles. The summed E-state index contributed by atoms with van der Waals surface area (Å²) in [6.45, 7) is 2.09. The minimum atomic E-state index is 0.325. The highest BCUT2D eigenvalue weighted by Crippen LogP contribution is 2.19. The lowest BCUT2D eigenvalue weighted by Gasteiger charge is -2.07. The molecule has 2 heteroatoms. The first-order valence-corrected chi connectivity index (χ1v) is 4.66. The second-order valence-electron chi connectivity index (χ2n) is 2.44. The van der Waals surface area contributed by atoms with Gasteiger partial charge < -0.3 is 0 Å². The van der Waals surface area contributed by atoms with Gasteiger partial charge in [0.15, 0.2) is 0 Å². The second-order valence-corrected chi connectivity index (χ2v) is 4.26. The zero-order chi connectivity index (χ0) is 8.27. The molecule has 1 unspecified atom stereocenters. The van der Waals surface area contributed by atoms with Crippen LogP contribution in [0.25, 0.3) is 0 Å². The van der Waals surface area contributed by atoms with Crippen molar-refractivity contribution in [2.45, 2.75) is 12.8 Å². The van der Waals surface area contributed by atoms with E-state index in [1.165, 1.54) is 5.56 Å². The maximum absolute atomic E-state index is 5.02. The van der Waals surface area contributed by atoms with Crippen molar-refractivity contribution in [3.63, 3.8) is 0 Å². The Hall–Kier alpha value is -0.210. The molecule has 1 rings (SSSR count). The number of hydrogen-bond donors (Lipinski definition) is 0. The van der Waals surface area contributed by atoms with Gasteiger partial charge in [-0.3, -0.25) is 0 Å². The fourth-order valence-electron chi connectivity index (χ4n) is 0.873. The van der Waals surface area contributed by atoms with E-state index in [9.17, 15) is 0 Å². The van der Waals surface area contributed by atoms with Crippen LogP contribution in [0.1, 0.15) is 18.4 Å². The molecule has 0 aromatic heterocycles. The molecule has 11 heavy (non-hydrogen) atoms. The molecule has 0 spiro atoms. The number of benzene rings is 1. The zero-order valence-corrected chi connectivity index (χ0v) is 8.65. The monoisotopic (exact) mass is 228 g/mol. The second kappa shape index (κ2) is 3.98. The fourth-order valence-corrected chi connectivity index (χ4v) is 1.27. The van der Waals surface area contributed by atoms with Crippen LogP contribution in [0.15, 0.2) is 30.3 Å². The fraction of sp³-hybridized carbons (Fsp3) is 0.222. The van der Waals surface area contributed by atoms with Gasteiger partial charge in [0.2, 0.25) is 0 Å². The highest BCUT2D eigenvalue weighted by molar-refractivity contribution is 9.20. The number of halogens is 1. The van der Waals surface area contributed by atoms with Gasteiger partial charge >= 0.3 is 0 Å². The average molecular weight is 229 g/mol. The normalized spacial score (nSPS) is 12.5. The van der Waals surface area contributed by atoms with Crippen molar-refractivity contribution in [2.24, 2.45) is 0 Å². The minimum absolute atomic E-state index is 0.325. The molecule has 0 aliphatic heterocycles. The van der Waals surface area contributed by atoms with Crippen molar-refractivity contribution in [3.8, 4) is 0 Å². The Kier molecular flexibility index (Phi) is 3.21. The van der Waals surface area contributed by atoms with E-state index >= 15 is 0 Å². The first kappa shape index (κ1) is 8.88. The van der Waals surface area contributed by atoms with Crippen LogP contribution in [-0.4, -0.2) is 3.77 Å². The number of hydrogen-bond acceptors (Lipinski definition) is 1. The smallest absolute Gasteiger partial charge is 0.0651 e. The van der Waals surface area contributed by atoms with Crippen molar-refractivity contribution in [2.75, 3.05) is 0 Å². The van der Waals surface area contributed by atoms with Gasteiger partial charge in [0, 0.05) is 5.92 Å². The van der Waals surface area contributed by atoms with Crippen molar-refractivity contribution < 1.29 is 0 Å². The van der Waals surface area contributed by atoms with Gasteiger partial charge in [-0.05, 0) is 21.5 Å². The molecule has 1 aromatic carbocycles. The van der Waals surface area contributed by atoms with E-state index in [1.807, 2.05) is 18.2 Å². The van der Waals surface area contributed by atoms with E-state index < -0.39 is 0 Å². The average Bonchev–Trinajstić information content (AvgIpc) is 2.05. The highest BCUT2D eigenvalue weighted by Gasteiger charge is 2.06. The predicted molar refractivity (Wildman–Crippen MR) is 56.4 cm³/mol. The highest BCUT2D eigenvalue weighted by atomic mass is 79.9. The quantitative estimate of drug-likeness (QED) is 0.552. The Morgan fingerprint density at radius 3 is 2.36 bits per heavy atom. The predicted octanol–water partition coefficient (Wildman–Crippen LogP) is 3.51. The van der Waals surface area contributed by atoms with Crippen LogP contribution < -0.4 is 0 Å². The van der Waals surface area contributed by atoms with Crippen molar-refractivity contribution >= 4 is 31.9 Å². The van der Waals surface area contributed by atoms with Crippen LogP contribution in [0.3, 0.4) is 0 Å². The van der Waals surface area contributed by atoms with Gasteiger partial charge in [-0.15, -0.1) is 0 Å². The zero-order valence-electron chi connectivity index (χ0n) is 6.25. The standard InChI is InChI=1S/C9H9BrS/c1-7(9(10)11)8-5-3-2-4-6-8/h2-7H,1H3. The lowest BCUT2D eigenvalue weighted by atomic mass is 10.0. The molecule has 0 fully saturated rings. The lowest BCUT2D eigenvalue weighted by molar-refractivity contribution is 1.06. The molecule has 58 valence electrons. The van der Waals surface area contributed by atoms with E-state index in [0.29, 0.717) is 5.92 Å². The Labute approximate surface area is 80.8 Å². The number of rotatable bonds is 2. The summed E-state index contributed by atoms with van der Waals surface area (Å²) in [5.41, 5.74) is 1.26. The molecule has 0 N–H and O–H groups in total. The molecular formula is C9H9BrS. The molecule has 0 saturated carbocycles. The third kappa shape index (κ3) is 2.38. The maximum Gasteiger partial charge on any atom is 0.0651 e. The van der Waals surface area contributed by atoms with Gasteiger partial charge in [0.1, 0.15) is 0 Å². The molecule has 0 bridgehead atoms. The molecule has 1 aromatic rings. The van der Waals surface area contributed by atoms with E-state index in [0.717, 1.165) is 3.77 Å². The van der Waals surface area contributed by atoms with Crippen molar-refractivity contribution in [1.29, 1.82) is 0 Å². The maximum atomic E-state index is 5.02. The van der Waals surface area contributed by atoms with E-state index in [-0.39, 0.29) is 0 Å². The summed E-state index contributed by atoms with van der Waals surface area (Å²) in [6, 6.07) is 10.2. The minimum Gasteiger partial charge on any atom is -0.0761 e. The van der Waals surface area contributed by atoms with Crippen molar-refractivity contribution in [3.05, 3.63) is 35.9 Å². The van der Waals surface area contributed by atoms with E-state index in [4.69, 9.17) is 12.2 Å². The summed E-state index contributed by atoms with van der Waals surface area (Å²) in [6.07, 6.45) is 0. The molecule has 1 atom stereocenters. The Morgan fingerprint density at radius 2 is 1.91 bits per heavy atom. The number of thiocarbonyl (C=S) groups is 1. The van der Waals surface area contributed by atoms with Gasteiger partial charge in [0.05, 0.1) is 3.77 Å². The molecule has 0 saturated heterocycles. The SMILES string of the molecule is CC(C(=S)Br)c1ccccc1. The molecular weight excluding hydrogens is 220 g/mol. The van der Waals surface area contributed by atoms with Gasteiger partial charge in [-0.1, -0.05) is 49.5 Å². The van der Waals surface area contributed by atoms with Crippen LogP contribution >= 0.6 is 28.1 Å². The Balaban J connectivity index is 2.85. The summed E-state index contributed by atoms with van der Waals surface area (Å²) < 4.78 is 0.865. The topological polar surface area (TPSA) is 0 Å². The van der Waals surface area contributed by atoms with Crippen LogP contribution in [0.2, 0.25) is 0 Å². The van der Waals surface area contributed by atoms with Gasteiger partial charge in [0.25, 0.3) is 0 Å². The molecule has 0 heterocycles. The summed E-state index contributed by atoms with van der Waals surface area (Å²) in [5, 5.41) is 0. The van der Waals surface area contributed by atoms with Crippen LogP contribution in [0.5, 0.6) is 0 Å². The van der Waals surface area contributed by atoms with Gasteiger partial charge in [-0.2, -0.15) is 0 Å². The third-order valence-electron chi connectivity index (χ3n) is 1.64. The van der Waals surface area contributed by atoms with E-state index in [1.54, 1.807) is 0 Å². The molecule has 0 nitrogen and oxygen atoms in total. The summed E-state index contributed by atoms with van der Waals surface area (Å²) in [7, 11) is 0.